The molecule has 6 nitrogen and oxygen atoms in total. The summed E-state index contributed by atoms with van der Waals surface area (Å²) in [5.41, 5.74) is 2.05. The second-order valence-electron chi connectivity index (χ2n) is 7.46. The van der Waals surface area contributed by atoms with Crippen LogP contribution in [0.1, 0.15) is 55.0 Å². The van der Waals surface area contributed by atoms with Gasteiger partial charge in [-0.2, -0.15) is 0 Å². The van der Waals surface area contributed by atoms with E-state index in [9.17, 15) is 9.59 Å². The van der Waals surface area contributed by atoms with E-state index in [-0.39, 0.29) is 23.7 Å². The summed E-state index contributed by atoms with van der Waals surface area (Å²) >= 11 is 1.39. The zero-order chi connectivity index (χ0) is 18.8. The quantitative estimate of drug-likeness (QED) is 0.868. The van der Waals surface area contributed by atoms with Gasteiger partial charge in [0.2, 0.25) is 16.9 Å². The van der Waals surface area contributed by atoms with E-state index >= 15 is 0 Å². The number of carbonyl (C=O) groups excluding carboxylic acids is 2. The third-order valence-electron chi connectivity index (χ3n) is 5.53. The first-order chi connectivity index (χ1) is 13.1. The number of benzene rings is 1. The van der Waals surface area contributed by atoms with Crippen molar-refractivity contribution in [2.24, 2.45) is 5.92 Å². The molecule has 27 heavy (non-hydrogen) atoms. The SMILES string of the molecule is Cc1ccccc1N1C[C@@H](c2nnc(NC(=O)C3CCCCC3)s2)CC1=O. The van der Waals surface area contributed by atoms with Crippen molar-refractivity contribution in [2.75, 3.05) is 16.8 Å². The van der Waals surface area contributed by atoms with Crippen molar-refractivity contribution in [2.45, 2.75) is 51.4 Å². The molecule has 0 spiro atoms. The van der Waals surface area contributed by atoms with Gasteiger partial charge in [0.25, 0.3) is 0 Å². The smallest absolute Gasteiger partial charge is 0.229 e. The topological polar surface area (TPSA) is 75.2 Å². The summed E-state index contributed by atoms with van der Waals surface area (Å²) in [5.74, 6) is 0.282. The van der Waals surface area contributed by atoms with E-state index in [2.05, 4.69) is 15.5 Å². The number of hydrogen-bond donors (Lipinski definition) is 1. The zero-order valence-corrected chi connectivity index (χ0v) is 16.3. The first kappa shape index (κ1) is 18.1. The number of carbonyl (C=O) groups is 2. The molecule has 2 aliphatic rings. The molecule has 4 rings (SSSR count). The molecule has 1 aromatic carbocycles. The summed E-state index contributed by atoms with van der Waals surface area (Å²) < 4.78 is 0. The minimum absolute atomic E-state index is 0.0231. The van der Waals surface area contributed by atoms with Gasteiger partial charge in [-0.1, -0.05) is 48.8 Å². The molecule has 1 aliphatic heterocycles. The molecule has 1 saturated carbocycles. The highest BCUT2D eigenvalue weighted by atomic mass is 32.1. The third-order valence-corrected chi connectivity index (χ3v) is 6.53. The van der Waals surface area contributed by atoms with E-state index in [0.717, 1.165) is 41.9 Å². The van der Waals surface area contributed by atoms with Crippen LogP contribution < -0.4 is 10.2 Å². The summed E-state index contributed by atoms with van der Waals surface area (Å²) in [5, 5.41) is 12.7. The Kier molecular flexibility index (Phi) is 5.20. The van der Waals surface area contributed by atoms with Crippen molar-refractivity contribution in [1.82, 2.24) is 10.2 Å². The fraction of sp³-hybridized carbons (Fsp3) is 0.500. The van der Waals surface area contributed by atoms with Crippen molar-refractivity contribution >= 4 is 34.0 Å². The molecule has 1 saturated heterocycles. The molecular formula is C20H24N4O2S. The number of para-hydroxylation sites is 1. The molecule has 2 amide bonds. The Balaban J connectivity index is 1.42. The lowest BCUT2D eigenvalue weighted by Crippen LogP contribution is -2.25. The standard InChI is InChI=1S/C20H24N4O2S/c1-13-7-5-6-10-16(13)24-12-15(11-17(24)25)19-22-23-20(27-19)21-18(26)14-8-3-2-4-9-14/h5-7,10,14-15H,2-4,8-9,11-12H2,1H3,(H,21,23,26)/t15-/m0/s1. The number of nitrogens with one attached hydrogen (secondary N) is 1. The number of anilines is 2. The average molecular weight is 385 g/mol. The summed E-state index contributed by atoms with van der Waals surface area (Å²) in [6, 6.07) is 7.92. The van der Waals surface area contributed by atoms with E-state index in [4.69, 9.17) is 0 Å². The lowest BCUT2D eigenvalue weighted by Gasteiger charge is -2.19. The highest BCUT2D eigenvalue weighted by Gasteiger charge is 2.34. The van der Waals surface area contributed by atoms with Crippen LogP contribution in [0.4, 0.5) is 10.8 Å². The summed E-state index contributed by atoms with van der Waals surface area (Å²) in [4.78, 5) is 26.7. The average Bonchev–Trinajstić information content (AvgIpc) is 3.29. The van der Waals surface area contributed by atoms with Crippen molar-refractivity contribution in [3.63, 3.8) is 0 Å². The van der Waals surface area contributed by atoms with E-state index < -0.39 is 0 Å². The highest BCUT2D eigenvalue weighted by molar-refractivity contribution is 7.15. The van der Waals surface area contributed by atoms with Crippen LogP contribution in [0.3, 0.4) is 0 Å². The van der Waals surface area contributed by atoms with E-state index in [0.29, 0.717) is 18.1 Å². The maximum absolute atomic E-state index is 12.5. The monoisotopic (exact) mass is 384 g/mol. The van der Waals surface area contributed by atoms with Crippen LogP contribution in [0, 0.1) is 12.8 Å². The van der Waals surface area contributed by atoms with Crippen LogP contribution in [0.25, 0.3) is 0 Å². The largest absolute Gasteiger partial charge is 0.311 e. The molecule has 7 heteroatoms. The van der Waals surface area contributed by atoms with Crippen LogP contribution in [0.15, 0.2) is 24.3 Å². The van der Waals surface area contributed by atoms with Gasteiger partial charge in [-0.3, -0.25) is 9.59 Å². The van der Waals surface area contributed by atoms with Gasteiger partial charge in [-0.05, 0) is 31.4 Å². The molecule has 0 bridgehead atoms. The molecule has 1 atom stereocenters. The number of nitrogens with zero attached hydrogens (tertiary/aromatic N) is 3. The van der Waals surface area contributed by atoms with Gasteiger partial charge in [-0.25, -0.2) is 0 Å². The van der Waals surface area contributed by atoms with E-state index in [1.807, 2.05) is 36.1 Å². The van der Waals surface area contributed by atoms with Gasteiger partial charge < -0.3 is 10.2 Å². The predicted octanol–water partition coefficient (Wildman–Crippen LogP) is 3.89. The molecule has 1 N–H and O–H groups in total. The van der Waals surface area contributed by atoms with E-state index in [1.165, 1.54) is 17.8 Å². The van der Waals surface area contributed by atoms with Crippen LogP contribution in [0.2, 0.25) is 0 Å². The Morgan fingerprint density at radius 1 is 1.19 bits per heavy atom. The minimum atomic E-state index is 0.0231. The second-order valence-corrected chi connectivity index (χ2v) is 8.47. The van der Waals surface area contributed by atoms with Gasteiger partial charge >= 0.3 is 0 Å². The molecule has 2 heterocycles. The van der Waals surface area contributed by atoms with Crippen LogP contribution in [-0.4, -0.2) is 28.6 Å². The molecule has 142 valence electrons. The molecule has 1 aliphatic carbocycles. The Bertz CT molecular complexity index is 844. The third kappa shape index (κ3) is 3.88. The fourth-order valence-electron chi connectivity index (χ4n) is 3.99. The number of amides is 2. The maximum atomic E-state index is 12.5. The fourth-order valence-corrected chi connectivity index (χ4v) is 4.83. The van der Waals surface area contributed by atoms with Crippen LogP contribution in [0.5, 0.6) is 0 Å². The van der Waals surface area contributed by atoms with Gasteiger partial charge in [-0.15, -0.1) is 10.2 Å². The molecule has 2 fully saturated rings. The predicted molar refractivity (Wildman–Crippen MR) is 106 cm³/mol. The van der Waals surface area contributed by atoms with Crippen molar-refractivity contribution < 1.29 is 9.59 Å². The lowest BCUT2D eigenvalue weighted by molar-refractivity contribution is -0.120. The Morgan fingerprint density at radius 2 is 1.96 bits per heavy atom. The summed E-state index contributed by atoms with van der Waals surface area (Å²) in [6.07, 6.45) is 5.82. The minimum Gasteiger partial charge on any atom is -0.311 e. The van der Waals surface area contributed by atoms with Crippen LogP contribution >= 0.6 is 11.3 Å². The maximum Gasteiger partial charge on any atom is 0.229 e. The van der Waals surface area contributed by atoms with Crippen molar-refractivity contribution in [1.29, 1.82) is 0 Å². The molecule has 2 aromatic rings. The van der Waals surface area contributed by atoms with Gasteiger partial charge in [0.15, 0.2) is 0 Å². The Hall–Kier alpha value is -2.28. The Morgan fingerprint density at radius 3 is 2.74 bits per heavy atom. The van der Waals surface area contributed by atoms with Gasteiger partial charge in [0, 0.05) is 30.5 Å². The summed E-state index contributed by atoms with van der Waals surface area (Å²) in [7, 11) is 0. The first-order valence-corrected chi connectivity index (χ1v) is 10.4. The second kappa shape index (κ2) is 7.76. The normalized spacial score (nSPS) is 20.9. The highest BCUT2D eigenvalue weighted by Crippen LogP contribution is 2.35. The van der Waals surface area contributed by atoms with Crippen molar-refractivity contribution in [3.8, 4) is 0 Å². The zero-order valence-electron chi connectivity index (χ0n) is 15.5. The first-order valence-electron chi connectivity index (χ1n) is 9.62. The summed E-state index contributed by atoms with van der Waals surface area (Å²) in [6.45, 7) is 2.62. The molecule has 1 aromatic heterocycles. The molecule has 0 unspecified atom stereocenters. The van der Waals surface area contributed by atoms with Gasteiger partial charge in [0.05, 0.1) is 0 Å². The number of hydrogen-bond acceptors (Lipinski definition) is 5. The van der Waals surface area contributed by atoms with E-state index in [1.54, 1.807) is 0 Å². The number of rotatable bonds is 4. The Labute approximate surface area is 163 Å². The van der Waals surface area contributed by atoms with Gasteiger partial charge in [0.1, 0.15) is 5.01 Å². The van der Waals surface area contributed by atoms with Crippen LogP contribution in [-0.2, 0) is 9.59 Å². The molecule has 0 radical (unpaired) electrons. The van der Waals surface area contributed by atoms with Crippen molar-refractivity contribution in [3.05, 3.63) is 34.8 Å². The lowest BCUT2D eigenvalue weighted by atomic mass is 9.89. The number of aryl methyl sites for hydroxylation is 1. The number of aromatic nitrogens is 2. The molecular weight excluding hydrogens is 360 g/mol.